The third-order valence-corrected chi connectivity index (χ3v) is 3.42. The van der Waals surface area contributed by atoms with Gasteiger partial charge < -0.3 is 9.47 Å². The Morgan fingerprint density at radius 3 is 2.09 bits per heavy atom. The number of ether oxygens (including phenoxy) is 2. The van der Waals surface area contributed by atoms with Crippen molar-refractivity contribution in [2.75, 3.05) is 13.2 Å². The number of benzene rings is 2. The van der Waals surface area contributed by atoms with Crippen molar-refractivity contribution in [1.82, 2.24) is 0 Å². The van der Waals surface area contributed by atoms with Crippen LogP contribution in [0.3, 0.4) is 0 Å². The Balaban J connectivity index is 2.19. The minimum atomic E-state index is 0.511. The van der Waals surface area contributed by atoms with Gasteiger partial charge in [-0.2, -0.15) is 0 Å². The van der Waals surface area contributed by atoms with Crippen molar-refractivity contribution in [2.45, 2.75) is 34.1 Å². The maximum absolute atomic E-state index is 6.00. The summed E-state index contributed by atoms with van der Waals surface area (Å²) in [5.41, 5.74) is 2.46. The Hall–Kier alpha value is -1.96. The van der Waals surface area contributed by atoms with E-state index in [0.29, 0.717) is 11.8 Å². The first kappa shape index (κ1) is 17.4. The van der Waals surface area contributed by atoms with E-state index in [-0.39, 0.29) is 0 Å². The molecular weight excluding hydrogens is 284 g/mol. The molecule has 0 aliphatic heterocycles. The van der Waals surface area contributed by atoms with Crippen molar-refractivity contribution in [2.24, 2.45) is 11.8 Å². The van der Waals surface area contributed by atoms with Crippen LogP contribution in [0.4, 0.5) is 0 Å². The van der Waals surface area contributed by atoms with Crippen LogP contribution in [0.2, 0.25) is 0 Å². The largest absolute Gasteiger partial charge is 0.493 e. The van der Waals surface area contributed by atoms with Crippen molar-refractivity contribution in [3.63, 3.8) is 0 Å². The molecule has 124 valence electrons. The Kier molecular flexibility index (Phi) is 6.52. The molecule has 2 aromatic rings. The van der Waals surface area contributed by atoms with Crippen molar-refractivity contribution in [1.29, 1.82) is 0 Å². The average molecular weight is 312 g/mol. The number of hydrogen-bond acceptors (Lipinski definition) is 2. The summed E-state index contributed by atoms with van der Waals surface area (Å²) in [5, 5.41) is 0. The van der Waals surface area contributed by atoms with Gasteiger partial charge in [-0.05, 0) is 35.6 Å². The molecule has 0 amide bonds. The molecule has 0 N–H and O–H groups in total. The Morgan fingerprint density at radius 1 is 0.783 bits per heavy atom. The van der Waals surface area contributed by atoms with Gasteiger partial charge in [0.05, 0.1) is 13.2 Å². The van der Waals surface area contributed by atoms with Crippen LogP contribution in [0.15, 0.2) is 48.5 Å². The molecule has 0 bridgehead atoms. The van der Waals surface area contributed by atoms with Crippen molar-refractivity contribution in [3.8, 4) is 11.5 Å². The average Bonchev–Trinajstić information content (AvgIpc) is 2.53. The van der Waals surface area contributed by atoms with E-state index in [2.05, 4.69) is 58.0 Å². The summed E-state index contributed by atoms with van der Waals surface area (Å²) in [7, 11) is 0. The molecule has 0 heterocycles. The molecule has 2 nitrogen and oxygen atoms in total. The lowest BCUT2D eigenvalue weighted by Gasteiger charge is -2.16. The van der Waals surface area contributed by atoms with Crippen LogP contribution >= 0.6 is 0 Å². The maximum atomic E-state index is 6.00. The second-order valence-electron chi connectivity index (χ2n) is 6.84. The predicted octanol–water partition coefficient (Wildman–Crippen LogP) is 5.35. The molecule has 0 spiro atoms. The van der Waals surface area contributed by atoms with E-state index in [1.165, 1.54) is 11.1 Å². The monoisotopic (exact) mass is 312 g/mol. The van der Waals surface area contributed by atoms with Gasteiger partial charge in [-0.3, -0.25) is 0 Å². The highest BCUT2D eigenvalue weighted by molar-refractivity contribution is 5.43. The molecule has 0 atom stereocenters. The summed E-state index contributed by atoms with van der Waals surface area (Å²) in [4.78, 5) is 0. The zero-order valence-electron chi connectivity index (χ0n) is 14.7. The molecule has 23 heavy (non-hydrogen) atoms. The third kappa shape index (κ3) is 5.97. The van der Waals surface area contributed by atoms with Crippen molar-refractivity contribution >= 4 is 0 Å². The van der Waals surface area contributed by atoms with Crippen LogP contribution in [0, 0.1) is 11.8 Å². The first-order valence-corrected chi connectivity index (χ1v) is 8.47. The molecule has 0 fully saturated rings. The first-order chi connectivity index (χ1) is 11.0. The lowest BCUT2D eigenvalue weighted by atomic mass is 10.0. The lowest BCUT2D eigenvalue weighted by Crippen LogP contribution is -2.08. The molecule has 0 saturated heterocycles. The number of rotatable bonds is 8. The van der Waals surface area contributed by atoms with E-state index in [1.807, 2.05) is 18.2 Å². The Morgan fingerprint density at radius 2 is 1.43 bits per heavy atom. The zero-order chi connectivity index (χ0) is 16.7. The first-order valence-electron chi connectivity index (χ1n) is 8.47. The normalized spacial score (nSPS) is 11.0. The van der Waals surface area contributed by atoms with E-state index in [0.717, 1.165) is 31.1 Å². The van der Waals surface area contributed by atoms with E-state index in [1.54, 1.807) is 0 Å². The third-order valence-electron chi connectivity index (χ3n) is 3.42. The van der Waals surface area contributed by atoms with Crippen LogP contribution in [-0.2, 0) is 6.42 Å². The van der Waals surface area contributed by atoms with E-state index >= 15 is 0 Å². The molecule has 2 aromatic carbocycles. The van der Waals surface area contributed by atoms with Gasteiger partial charge >= 0.3 is 0 Å². The van der Waals surface area contributed by atoms with Gasteiger partial charge in [0.2, 0.25) is 0 Å². The second-order valence-corrected chi connectivity index (χ2v) is 6.84. The summed E-state index contributed by atoms with van der Waals surface area (Å²) in [6, 6.07) is 16.6. The Bertz CT molecular complexity index is 588. The highest BCUT2D eigenvalue weighted by Crippen LogP contribution is 2.27. The highest BCUT2D eigenvalue weighted by atomic mass is 16.5. The second kappa shape index (κ2) is 8.61. The SMILES string of the molecule is CC(C)COc1ccc(OCC(C)C)c(Cc2ccccc2)c1. The molecule has 0 unspecified atom stereocenters. The van der Waals surface area contributed by atoms with Gasteiger partial charge in [0, 0.05) is 12.0 Å². The van der Waals surface area contributed by atoms with Gasteiger partial charge in [0.25, 0.3) is 0 Å². The van der Waals surface area contributed by atoms with Crippen LogP contribution in [0.25, 0.3) is 0 Å². The standard InChI is InChI=1S/C21H28O2/c1-16(2)14-22-20-10-11-21(23-15-17(3)4)19(13-20)12-18-8-6-5-7-9-18/h5-11,13,16-17H,12,14-15H2,1-4H3. The van der Waals surface area contributed by atoms with E-state index in [4.69, 9.17) is 9.47 Å². The summed E-state index contributed by atoms with van der Waals surface area (Å²) in [5.74, 6) is 2.90. The van der Waals surface area contributed by atoms with Gasteiger partial charge in [-0.1, -0.05) is 58.0 Å². The van der Waals surface area contributed by atoms with Gasteiger partial charge in [-0.15, -0.1) is 0 Å². The molecule has 2 rings (SSSR count). The fraction of sp³-hybridized carbons (Fsp3) is 0.429. The smallest absolute Gasteiger partial charge is 0.123 e. The summed E-state index contributed by atoms with van der Waals surface area (Å²) >= 11 is 0. The summed E-state index contributed by atoms with van der Waals surface area (Å²) in [6.45, 7) is 10.1. The lowest BCUT2D eigenvalue weighted by molar-refractivity contribution is 0.262. The van der Waals surface area contributed by atoms with E-state index in [9.17, 15) is 0 Å². The topological polar surface area (TPSA) is 18.5 Å². The highest BCUT2D eigenvalue weighted by Gasteiger charge is 2.09. The Labute approximate surface area is 140 Å². The van der Waals surface area contributed by atoms with Crippen LogP contribution < -0.4 is 9.47 Å². The minimum absolute atomic E-state index is 0.511. The molecule has 2 heteroatoms. The predicted molar refractivity (Wildman–Crippen MR) is 96.4 cm³/mol. The molecule has 0 radical (unpaired) electrons. The maximum Gasteiger partial charge on any atom is 0.123 e. The van der Waals surface area contributed by atoms with Crippen LogP contribution in [-0.4, -0.2) is 13.2 Å². The minimum Gasteiger partial charge on any atom is -0.493 e. The summed E-state index contributed by atoms with van der Waals surface area (Å²) < 4.78 is 11.9. The molecule has 0 aliphatic carbocycles. The molecule has 0 saturated carbocycles. The zero-order valence-corrected chi connectivity index (χ0v) is 14.7. The van der Waals surface area contributed by atoms with E-state index < -0.39 is 0 Å². The quantitative estimate of drug-likeness (QED) is 0.654. The van der Waals surface area contributed by atoms with Crippen LogP contribution in [0.1, 0.15) is 38.8 Å². The fourth-order valence-electron chi connectivity index (χ4n) is 2.26. The molecule has 0 aliphatic rings. The van der Waals surface area contributed by atoms with Crippen molar-refractivity contribution in [3.05, 3.63) is 59.7 Å². The molecule has 0 aromatic heterocycles. The summed E-state index contributed by atoms with van der Waals surface area (Å²) in [6.07, 6.45) is 0.854. The van der Waals surface area contributed by atoms with Crippen molar-refractivity contribution < 1.29 is 9.47 Å². The van der Waals surface area contributed by atoms with Crippen LogP contribution in [0.5, 0.6) is 11.5 Å². The number of hydrogen-bond donors (Lipinski definition) is 0. The van der Waals surface area contributed by atoms with Gasteiger partial charge in [-0.25, -0.2) is 0 Å². The molecular formula is C21H28O2. The van der Waals surface area contributed by atoms with Gasteiger partial charge in [0.15, 0.2) is 0 Å². The fourth-order valence-corrected chi connectivity index (χ4v) is 2.26. The van der Waals surface area contributed by atoms with Gasteiger partial charge in [0.1, 0.15) is 11.5 Å².